The van der Waals surface area contributed by atoms with Gasteiger partial charge in [-0.3, -0.25) is 14.5 Å². The molecule has 1 aliphatic heterocycles. The number of hydrogen-bond donors (Lipinski definition) is 1. The smallest absolute Gasteiger partial charge is 0.410 e. The predicted molar refractivity (Wildman–Crippen MR) is 169 cm³/mol. The third kappa shape index (κ3) is 10.8. The van der Waals surface area contributed by atoms with E-state index in [2.05, 4.69) is 5.32 Å². The summed E-state index contributed by atoms with van der Waals surface area (Å²) in [5, 5.41) is 2.79. The van der Waals surface area contributed by atoms with Crippen molar-refractivity contribution in [3.05, 3.63) is 108 Å². The Labute approximate surface area is 264 Å². The lowest BCUT2D eigenvalue weighted by Gasteiger charge is -2.29. The first kappa shape index (κ1) is 33.2. The van der Waals surface area contributed by atoms with Crippen molar-refractivity contribution in [3.63, 3.8) is 0 Å². The zero-order valence-electron chi connectivity index (χ0n) is 26.1. The highest BCUT2D eigenvalue weighted by Crippen LogP contribution is 2.29. The number of esters is 2. The Morgan fingerprint density at radius 3 is 1.89 bits per heavy atom. The van der Waals surface area contributed by atoms with Crippen LogP contribution in [0.4, 0.5) is 4.79 Å². The molecule has 9 nitrogen and oxygen atoms in total. The summed E-state index contributed by atoms with van der Waals surface area (Å²) in [5.74, 6) is -1.68. The van der Waals surface area contributed by atoms with E-state index in [9.17, 15) is 19.2 Å². The Bertz CT molecular complexity index is 1410. The number of benzene rings is 3. The van der Waals surface area contributed by atoms with Crippen molar-refractivity contribution >= 4 is 23.9 Å². The molecule has 0 aromatic heterocycles. The number of carbonyl (C=O) groups is 4. The first-order valence-electron chi connectivity index (χ1n) is 15.3. The molecule has 4 rings (SSSR count). The molecule has 0 saturated carbocycles. The minimum atomic E-state index is -1.13. The van der Waals surface area contributed by atoms with Gasteiger partial charge in [0.15, 0.2) is 0 Å². The standard InChI is InChI=1S/C36H42N2O7/c1-36(2,3)45-35(42)38-23-29(21-26-13-7-4-8-14-26)22-31(38)33(40)37-30(34(41)44-25-28-17-11-6-12-18-28)19-20-32(39)43-24-27-15-9-5-10-16-27/h4-18,29-31H,19-25H2,1-3H3,(H,37,40)/t29?,30-,31-/m0/s1. The van der Waals surface area contributed by atoms with Crippen molar-refractivity contribution in [2.75, 3.05) is 6.54 Å². The zero-order valence-corrected chi connectivity index (χ0v) is 26.1. The quantitative estimate of drug-likeness (QED) is 0.209. The highest BCUT2D eigenvalue weighted by molar-refractivity contribution is 5.90. The second kappa shape index (κ2) is 15.9. The molecule has 0 radical (unpaired) electrons. The van der Waals surface area contributed by atoms with Gasteiger partial charge in [0.05, 0.1) is 0 Å². The third-order valence-electron chi connectivity index (χ3n) is 7.39. The predicted octanol–water partition coefficient (Wildman–Crippen LogP) is 5.61. The molecule has 238 valence electrons. The van der Waals surface area contributed by atoms with Gasteiger partial charge in [-0.25, -0.2) is 9.59 Å². The summed E-state index contributed by atoms with van der Waals surface area (Å²) in [7, 11) is 0. The summed E-state index contributed by atoms with van der Waals surface area (Å²) < 4.78 is 16.6. The molecule has 1 aliphatic rings. The van der Waals surface area contributed by atoms with Crippen LogP contribution >= 0.6 is 0 Å². The average Bonchev–Trinajstić information content (AvgIpc) is 3.45. The maximum atomic E-state index is 13.8. The summed E-state index contributed by atoms with van der Waals surface area (Å²) in [6.07, 6.45) is 0.338. The molecule has 1 fully saturated rings. The van der Waals surface area contributed by atoms with Gasteiger partial charge in [-0.15, -0.1) is 0 Å². The fourth-order valence-corrected chi connectivity index (χ4v) is 5.21. The van der Waals surface area contributed by atoms with Gasteiger partial charge in [0.1, 0.15) is 30.9 Å². The van der Waals surface area contributed by atoms with Crippen LogP contribution in [0.25, 0.3) is 0 Å². The monoisotopic (exact) mass is 614 g/mol. The first-order valence-corrected chi connectivity index (χ1v) is 15.3. The van der Waals surface area contributed by atoms with Gasteiger partial charge in [-0.05, 0) is 62.6 Å². The molecular weight excluding hydrogens is 572 g/mol. The van der Waals surface area contributed by atoms with Gasteiger partial charge in [0.2, 0.25) is 5.91 Å². The molecule has 3 atom stereocenters. The zero-order chi connectivity index (χ0) is 32.2. The highest BCUT2D eigenvalue weighted by Gasteiger charge is 2.42. The molecule has 1 heterocycles. The average molecular weight is 615 g/mol. The van der Waals surface area contributed by atoms with E-state index in [-0.39, 0.29) is 32.0 Å². The second-order valence-corrected chi connectivity index (χ2v) is 12.3. The van der Waals surface area contributed by atoms with E-state index in [0.29, 0.717) is 19.4 Å². The van der Waals surface area contributed by atoms with Crippen LogP contribution in [0.15, 0.2) is 91.0 Å². The van der Waals surface area contributed by atoms with Crippen LogP contribution in [0.5, 0.6) is 0 Å². The van der Waals surface area contributed by atoms with Crippen LogP contribution in [0.2, 0.25) is 0 Å². The largest absolute Gasteiger partial charge is 0.461 e. The molecule has 1 unspecified atom stereocenters. The normalized spacial score (nSPS) is 16.8. The van der Waals surface area contributed by atoms with E-state index in [1.165, 1.54) is 4.90 Å². The molecule has 1 saturated heterocycles. The van der Waals surface area contributed by atoms with Crippen LogP contribution in [-0.4, -0.2) is 53.1 Å². The van der Waals surface area contributed by atoms with Gasteiger partial charge in [0, 0.05) is 13.0 Å². The van der Waals surface area contributed by atoms with Gasteiger partial charge in [-0.2, -0.15) is 0 Å². The molecular formula is C36H42N2O7. The SMILES string of the molecule is CC(C)(C)OC(=O)N1CC(Cc2ccccc2)C[C@H]1C(=O)N[C@@H](CCC(=O)OCc1ccccc1)C(=O)OCc1ccccc1. The number of amides is 2. The number of likely N-dealkylation sites (tertiary alicyclic amines) is 1. The maximum Gasteiger partial charge on any atom is 0.410 e. The molecule has 0 spiro atoms. The van der Waals surface area contributed by atoms with Crippen molar-refractivity contribution in [2.24, 2.45) is 5.92 Å². The first-order chi connectivity index (χ1) is 21.6. The van der Waals surface area contributed by atoms with Gasteiger partial charge >= 0.3 is 18.0 Å². The molecule has 9 heteroatoms. The van der Waals surface area contributed by atoms with Crippen molar-refractivity contribution in [1.29, 1.82) is 0 Å². The van der Waals surface area contributed by atoms with Gasteiger partial charge in [-0.1, -0.05) is 91.0 Å². The summed E-state index contributed by atoms with van der Waals surface area (Å²) >= 11 is 0. The van der Waals surface area contributed by atoms with Crippen molar-refractivity contribution in [1.82, 2.24) is 10.2 Å². The van der Waals surface area contributed by atoms with E-state index in [1.807, 2.05) is 91.0 Å². The molecule has 0 aliphatic carbocycles. The second-order valence-electron chi connectivity index (χ2n) is 12.3. The summed E-state index contributed by atoms with van der Waals surface area (Å²) in [4.78, 5) is 54.3. The Kier molecular flexibility index (Phi) is 11.7. The highest BCUT2D eigenvalue weighted by atomic mass is 16.6. The maximum absolute atomic E-state index is 13.8. The lowest BCUT2D eigenvalue weighted by Crippen LogP contribution is -2.52. The summed E-state index contributed by atoms with van der Waals surface area (Å²) in [5.41, 5.74) is 1.98. The number of hydrogen-bond acceptors (Lipinski definition) is 7. The molecule has 1 N–H and O–H groups in total. The number of carbonyl (C=O) groups excluding carboxylic acids is 4. The minimum Gasteiger partial charge on any atom is -0.461 e. The lowest BCUT2D eigenvalue weighted by atomic mass is 9.96. The Morgan fingerprint density at radius 2 is 1.33 bits per heavy atom. The third-order valence-corrected chi connectivity index (χ3v) is 7.39. The number of rotatable bonds is 12. The van der Waals surface area contributed by atoms with Crippen LogP contribution < -0.4 is 5.32 Å². The minimum absolute atomic E-state index is 0.00659. The fourth-order valence-electron chi connectivity index (χ4n) is 5.21. The number of ether oxygens (including phenoxy) is 3. The van der Waals surface area contributed by atoms with E-state index in [4.69, 9.17) is 14.2 Å². The van der Waals surface area contributed by atoms with Crippen LogP contribution in [0, 0.1) is 5.92 Å². The van der Waals surface area contributed by atoms with Crippen LogP contribution in [0.3, 0.4) is 0 Å². The number of nitrogens with zero attached hydrogens (tertiary/aromatic N) is 1. The van der Waals surface area contributed by atoms with Crippen molar-refractivity contribution in [2.45, 2.75) is 77.4 Å². The molecule has 3 aromatic carbocycles. The Balaban J connectivity index is 1.45. The van der Waals surface area contributed by atoms with E-state index in [1.54, 1.807) is 20.8 Å². The van der Waals surface area contributed by atoms with E-state index in [0.717, 1.165) is 16.7 Å². The van der Waals surface area contributed by atoms with Crippen LogP contribution in [0.1, 0.15) is 56.7 Å². The van der Waals surface area contributed by atoms with E-state index < -0.39 is 41.6 Å². The fraction of sp³-hybridized carbons (Fsp3) is 0.389. The Morgan fingerprint density at radius 1 is 0.800 bits per heavy atom. The van der Waals surface area contributed by atoms with E-state index >= 15 is 0 Å². The molecule has 0 bridgehead atoms. The number of nitrogens with one attached hydrogen (secondary N) is 1. The molecule has 2 amide bonds. The topological polar surface area (TPSA) is 111 Å². The van der Waals surface area contributed by atoms with Gasteiger partial charge < -0.3 is 19.5 Å². The molecule has 3 aromatic rings. The summed E-state index contributed by atoms with van der Waals surface area (Å²) in [6, 6.07) is 26.4. The van der Waals surface area contributed by atoms with Gasteiger partial charge in [0.25, 0.3) is 0 Å². The Hall–Kier alpha value is -4.66. The molecule has 45 heavy (non-hydrogen) atoms. The summed E-state index contributed by atoms with van der Waals surface area (Å²) in [6.45, 7) is 5.76. The van der Waals surface area contributed by atoms with Crippen molar-refractivity contribution in [3.8, 4) is 0 Å². The van der Waals surface area contributed by atoms with Crippen LogP contribution in [-0.2, 0) is 48.2 Å². The lowest BCUT2D eigenvalue weighted by molar-refractivity contribution is -0.151. The van der Waals surface area contributed by atoms with Crippen molar-refractivity contribution < 1.29 is 33.4 Å².